The summed E-state index contributed by atoms with van der Waals surface area (Å²) in [5, 5.41) is 12.7. The third kappa shape index (κ3) is 4.64. The minimum Gasteiger partial charge on any atom is -0.466 e. The molecule has 3 rings (SSSR count). The Morgan fingerprint density at radius 3 is 2.59 bits per heavy atom. The molecule has 1 amide bonds. The third-order valence-electron chi connectivity index (χ3n) is 6.31. The van der Waals surface area contributed by atoms with E-state index in [2.05, 4.69) is 16.0 Å². The molecule has 1 aliphatic carbocycles. The second-order valence-electron chi connectivity index (χ2n) is 8.23. The summed E-state index contributed by atoms with van der Waals surface area (Å²) in [5.74, 6) is 0.157. The fourth-order valence-corrected chi connectivity index (χ4v) is 4.73. The molecule has 7 nitrogen and oxygen atoms in total. The van der Waals surface area contributed by atoms with Gasteiger partial charge >= 0.3 is 5.97 Å². The molecule has 1 N–H and O–H groups in total. The Morgan fingerprint density at radius 2 is 1.93 bits per heavy atom. The summed E-state index contributed by atoms with van der Waals surface area (Å²) in [4.78, 5) is 26.9. The van der Waals surface area contributed by atoms with Crippen LogP contribution in [0.3, 0.4) is 0 Å². The first kappa shape index (κ1) is 21.4. The molecule has 0 bridgehead atoms. The van der Waals surface area contributed by atoms with Crippen LogP contribution in [0.2, 0.25) is 0 Å². The van der Waals surface area contributed by atoms with E-state index in [-0.39, 0.29) is 24.3 Å². The van der Waals surface area contributed by atoms with Crippen LogP contribution in [0.4, 0.5) is 5.82 Å². The van der Waals surface area contributed by atoms with Crippen LogP contribution < -0.4 is 5.32 Å². The van der Waals surface area contributed by atoms with Crippen molar-refractivity contribution in [3.8, 4) is 6.07 Å². The van der Waals surface area contributed by atoms with Crippen molar-refractivity contribution in [2.24, 2.45) is 5.92 Å². The second kappa shape index (κ2) is 9.45. The highest BCUT2D eigenvalue weighted by atomic mass is 16.5. The summed E-state index contributed by atoms with van der Waals surface area (Å²) in [6, 6.07) is 2.63. The monoisotopic (exact) mass is 400 g/mol. The number of carbonyl (C=O) groups is 2. The largest absolute Gasteiger partial charge is 0.466 e. The van der Waals surface area contributed by atoms with E-state index in [1.165, 1.54) is 12.8 Å². The van der Waals surface area contributed by atoms with Crippen molar-refractivity contribution in [1.82, 2.24) is 9.47 Å². The van der Waals surface area contributed by atoms with Crippen molar-refractivity contribution in [3.05, 3.63) is 16.8 Å². The number of rotatable bonds is 6. The molecule has 1 aliphatic heterocycles. The molecule has 1 aromatic heterocycles. The summed E-state index contributed by atoms with van der Waals surface area (Å²) in [7, 11) is 0. The van der Waals surface area contributed by atoms with E-state index in [4.69, 9.17) is 4.74 Å². The molecule has 158 valence electrons. The molecule has 2 fully saturated rings. The number of aromatic nitrogens is 1. The summed E-state index contributed by atoms with van der Waals surface area (Å²) < 4.78 is 7.31. The predicted octanol–water partition coefficient (Wildman–Crippen LogP) is 3.31. The van der Waals surface area contributed by atoms with Gasteiger partial charge in [-0.05, 0) is 58.6 Å². The Bertz CT molecular complexity index is 802. The zero-order chi connectivity index (χ0) is 21.0. The Kier molecular flexibility index (Phi) is 6.96. The van der Waals surface area contributed by atoms with Crippen LogP contribution in [-0.2, 0) is 14.3 Å². The molecule has 1 saturated heterocycles. The van der Waals surface area contributed by atoms with Crippen LogP contribution in [0.25, 0.3) is 0 Å². The van der Waals surface area contributed by atoms with Crippen molar-refractivity contribution in [2.45, 2.75) is 65.3 Å². The fraction of sp³-hybridized carbons (Fsp3) is 0.682. The maximum atomic E-state index is 12.8. The van der Waals surface area contributed by atoms with Gasteiger partial charge in [0.05, 0.1) is 24.6 Å². The number of ether oxygens (including phenoxy) is 1. The SMILES string of the molecule is CCOC(=O)C1CCCN(CC(=O)Nc2c(C#N)c(C)c(C)n2C2CCCC2)C1. The summed E-state index contributed by atoms with van der Waals surface area (Å²) >= 11 is 0. The lowest BCUT2D eigenvalue weighted by Gasteiger charge is -2.31. The number of hydrogen-bond donors (Lipinski definition) is 1. The molecule has 0 radical (unpaired) electrons. The second-order valence-corrected chi connectivity index (χ2v) is 8.23. The topological polar surface area (TPSA) is 87.4 Å². The maximum Gasteiger partial charge on any atom is 0.310 e. The highest BCUT2D eigenvalue weighted by Gasteiger charge is 2.30. The molecule has 7 heteroatoms. The van der Waals surface area contributed by atoms with Crippen LogP contribution in [-0.4, -0.2) is 47.6 Å². The summed E-state index contributed by atoms with van der Waals surface area (Å²) in [6.45, 7) is 7.71. The Morgan fingerprint density at radius 1 is 1.21 bits per heavy atom. The van der Waals surface area contributed by atoms with Crippen molar-refractivity contribution >= 4 is 17.7 Å². The Hall–Kier alpha value is -2.33. The van der Waals surface area contributed by atoms with Gasteiger partial charge in [-0.3, -0.25) is 14.5 Å². The number of esters is 1. The predicted molar refractivity (Wildman–Crippen MR) is 111 cm³/mol. The first-order chi connectivity index (χ1) is 14.0. The Labute approximate surface area is 173 Å². The molecule has 2 heterocycles. The molecule has 29 heavy (non-hydrogen) atoms. The number of nitrogens with one attached hydrogen (secondary N) is 1. The number of piperidine rings is 1. The van der Waals surface area contributed by atoms with Gasteiger partial charge in [0.15, 0.2) is 0 Å². The Balaban J connectivity index is 1.71. The fourth-order valence-electron chi connectivity index (χ4n) is 4.73. The van der Waals surface area contributed by atoms with Gasteiger partial charge in [0, 0.05) is 18.3 Å². The third-order valence-corrected chi connectivity index (χ3v) is 6.31. The summed E-state index contributed by atoms with van der Waals surface area (Å²) in [5.41, 5.74) is 2.56. The quantitative estimate of drug-likeness (QED) is 0.740. The lowest BCUT2D eigenvalue weighted by molar-refractivity contribution is -0.150. The van der Waals surface area contributed by atoms with E-state index in [1.807, 2.05) is 25.7 Å². The normalized spacial score (nSPS) is 20.4. The van der Waals surface area contributed by atoms with Gasteiger partial charge in [-0.1, -0.05) is 12.8 Å². The van der Waals surface area contributed by atoms with Crippen molar-refractivity contribution in [3.63, 3.8) is 0 Å². The number of likely N-dealkylation sites (tertiary alicyclic amines) is 1. The zero-order valence-corrected chi connectivity index (χ0v) is 17.8. The molecule has 0 aromatic carbocycles. The summed E-state index contributed by atoms with van der Waals surface area (Å²) in [6.07, 6.45) is 6.20. The van der Waals surface area contributed by atoms with Crippen LogP contribution in [0.5, 0.6) is 0 Å². The number of carbonyl (C=O) groups excluding carboxylic acids is 2. The van der Waals surface area contributed by atoms with Gasteiger partial charge in [-0.15, -0.1) is 0 Å². The molecular formula is C22H32N4O3. The van der Waals surface area contributed by atoms with Crippen molar-refractivity contribution < 1.29 is 14.3 Å². The molecule has 1 aromatic rings. The van der Waals surface area contributed by atoms with Crippen LogP contribution in [0, 0.1) is 31.1 Å². The van der Waals surface area contributed by atoms with E-state index in [0.29, 0.717) is 30.6 Å². The molecule has 1 saturated carbocycles. The minimum atomic E-state index is -0.175. The van der Waals surface area contributed by atoms with Crippen LogP contribution >= 0.6 is 0 Å². The smallest absolute Gasteiger partial charge is 0.310 e. The molecule has 2 aliphatic rings. The molecule has 1 unspecified atom stereocenters. The minimum absolute atomic E-state index is 0.136. The standard InChI is InChI=1S/C22H32N4O3/c1-4-29-22(28)17-8-7-11-25(13-17)14-20(27)24-21-19(12-23)15(2)16(3)26(21)18-9-5-6-10-18/h17-18H,4-11,13-14H2,1-3H3,(H,24,27). The van der Waals surface area contributed by atoms with Crippen molar-refractivity contribution in [2.75, 3.05) is 31.6 Å². The van der Waals surface area contributed by atoms with Gasteiger partial charge in [-0.25, -0.2) is 0 Å². The number of amides is 1. The van der Waals surface area contributed by atoms with E-state index < -0.39 is 0 Å². The van der Waals surface area contributed by atoms with E-state index >= 15 is 0 Å². The number of nitriles is 1. The number of nitrogens with zero attached hydrogens (tertiary/aromatic N) is 3. The van der Waals surface area contributed by atoms with Gasteiger partial charge < -0.3 is 14.6 Å². The van der Waals surface area contributed by atoms with Crippen LogP contribution in [0.1, 0.15) is 68.3 Å². The highest BCUT2D eigenvalue weighted by molar-refractivity contribution is 5.93. The van der Waals surface area contributed by atoms with Gasteiger partial charge in [-0.2, -0.15) is 5.26 Å². The number of hydrogen-bond acceptors (Lipinski definition) is 5. The first-order valence-electron chi connectivity index (χ1n) is 10.8. The van der Waals surface area contributed by atoms with E-state index in [0.717, 1.165) is 43.5 Å². The molecule has 1 atom stereocenters. The molecule has 0 spiro atoms. The van der Waals surface area contributed by atoms with E-state index in [9.17, 15) is 14.9 Å². The number of anilines is 1. The lowest BCUT2D eigenvalue weighted by Crippen LogP contribution is -2.43. The first-order valence-corrected chi connectivity index (χ1v) is 10.8. The average molecular weight is 401 g/mol. The van der Waals surface area contributed by atoms with Gasteiger partial charge in [0.2, 0.25) is 5.91 Å². The highest BCUT2D eigenvalue weighted by Crippen LogP contribution is 2.37. The lowest BCUT2D eigenvalue weighted by atomic mass is 9.98. The van der Waals surface area contributed by atoms with Crippen molar-refractivity contribution in [1.29, 1.82) is 5.26 Å². The van der Waals surface area contributed by atoms with Gasteiger partial charge in [0.1, 0.15) is 11.9 Å². The van der Waals surface area contributed by atoms with Gasteiger partial charge in [0.25, 0.3) is 0 Å². The zero-order valence-electron chi connectivity index (χ0n) is 17.8. The van der Waals surface area contributed by atoms with E-state index in [1.54, 1.807) is 0 Å². The van der Waals surface area contributed by atoms with Crippen LogP contribution in [0.15, 0.2) is 0 Å². The molecular weight excluding hydrogens is 368 g/mol. The maximum absolute atomic E-state index is 12.8. The average Bonchev–Trinajstić information content (AvgIpc) is 3.29.